The van der Waals surface area contributed by atoms with E-state index in [1.807, 2.05) is 0 Å². The molecule has 1 aliphatic heterocycles. The fraction of sp³-hybridized carbons (Fsp3) is 0.0625. The first-order chi connectivity index (χ1) is 11.4. The second kappa shape index (κ2) is 5.27. The number of sulfonamides is 1. The zero-order valence-electron chi connectivity index (χ0n) is 12.3. The fourth-order valence-electron chi connectivity index (χ4n) is 2.46. The normalized spacial score (nSPS) is 16.0. The van der Waals surface area contributed by atoms with E-state index in [0.717, 1.165) is 11.8 Å². The second-order valence-corrected chi connectivity index (χ2v) is 8.31. The monoisotopic (exact) mass is 379 g/mol. The Kier molecular flexibility index (Phi) is 3.42. The van der Waals surface area contributed by atoms with Gasteiger partial charge >= 0.3 is 0 Å². The molecule has 4 rings (SSSR count). The maximum absolute atomic E-state index is 12.5. The lowest BCUT2D eigenvalue weighted by Gasteiger charge is -2.15. The number of fused-ring (bicyclic) bond motifs is 2. The SMILES string of the molecule is Cc1cc2c(cc1Cl)SC(c1oc3ccccc3c1O)=NS2(=O)=O. The minimum Gasteiger partial charge on any atom is -0.504 e. The van der Waals surface area contributed by atoms with Crippen molar-refractivity contribution in [1.29, 1.82) is 0 Å². The molecule has 0 bridgehead atoms. The van der Waals surface area contributed by atoms with Gasteiger partial charge in [-0.1, -0.05) is 35.5 Å². The molecule has 0 radical (unpaired) electrons. The highest BCUT2D eigenvalue weighted by Gasteiger charge is 2.31. The van der Waals surface area contributed by atoms with Crippen LogP contribution in [0.25, 0.3) is 11.0 Å². The lowest BCUT2D eigenvalue weighted by molar-refractivity contribution is 0.461. The Balaban J connectivity index is 1.93. The topological polar surface area (TPSA) is 79.9 Å². The lowest BCUT2D eigenvalue weighted by Crippen LogP contribution is -2.10. The van der Waals surface area contributed by atoms with Gasteiger partial charge in [-0.25, -0.2) is 0 Å². The number of nitrogens with zero attached hydrogens (tertiary/aromatic N) is 1. The van der Waals surface area contributed by atoms with Crippen molar-refractivity contribution < 1.29 is 17.9 Å². The number of hydrogen-bond donors (Lipinski definition) is 1. The standard InChI is InChI=1S/C16H10ClNO4S2/c1-8-6-13-12(7-10(8)17)23-16(18-24(13,20)21)15-14(19)9-4-2-3-5-11(9)22-15/h2-7,19H,1H3. The van der Waals surface area contributed by atoms with Crippen LogP contribution < -0.4 is 0 Å². The molecular weight excluding hydrogens is 370 g/mol. The predicted octanol–water partition coefficient (Wildman–Crippen LogP) is 4.34. The maximum Gasteiger partial charge on any atom is 0.284 e. The van der Waals surface area contributed by atoms with Gasteiger partial charge in [0.25, 0.3) is 10.0 Å². The smallest absolute Gasteiger partial charge is 0.284 e. The molecule has 1 aliphatic rings. The van der Waals surface area contributed by atoms with Gasteiger partial charge in [-0.2, -0.15) is 8.42 Å². The minimum atomic E-state index is -3.90. The third kappa shape index (κ3) is 2.31. The number of thioether (sulfide) groups is 1. The zero-order valence-corrected chi connectivity index (χ0v) is 14.7. The number of para-hydroxylation sites is 1. The van der Waals surface area contributed by atoms with E-state index < -0.39 is 10.0 Å². The van der Waals surface area contributed by atoms with Crippen LogP contribution in [0.2, 0.25) is 5.02 Å². The first-order valence-electron chi connectivity index (χ1n) is 6.90. The Morgan fingerprint density at radius 2 is 2.00 bits per heavy atom. The average Bonchev–Trinajstić information content (AvgIpc) is 2.86. The minimum absolute atomic E-state index is 0.0344. The second-order valence-electron chi connectivity index (χ2n) is 5.30. The summed E-state index contributed by atoms with van der Waals surface area (Å²) in [5.41, 5.74) is 1.11. The van der Waals surface area contributed by atoms with Crippen molar-refractivity contribution in [2.24, 2.45) is 4.40 Å². The molecule has 2 heterocycles. The van der Waals surface area contributed by atoms with Gasteiger partial charge in [0, 0.05) is 9.92 Å². The Labute approximate surface area is 147 Å². The van der Waals surface area contributed by atoms with Crippen LogP contribution in [-0.4, -0.2) is 18.6 Å². The number of aromatic hydroxyl groups is 1. The summed E-state index contributed by atoms with van der Waals surface area (Å²) in [5, 5.41) is 11.4. The highest BCUT2D eigenvalue weighted by molar-refractivity contribution is 8.16. The highest BCUT2D eigenvalue weighted by atomic mass is 35.5. The molecule has 3 aromatic rings. The van der Waals surface area contributed by atoms with Crippen molar-refractivity contribution in [2.45, 2.75) is 16.7 Å². The molecule has 24 heavy (non-hydrogen) atoms. The summed E-state index contributed by atoms with van der Waals surface area (Å²) in [6.45, 7) is 1.73. The van der Waals surface area contributed by atoms with Crippen LogP contribution in [-0.2, 0) is 10.0 Å². The maximum atomic E-state index is 12.5. The van der Waals surface area contributed by atoms with Crippen LogP contribution in [0.1, 0.15) is 11.3 Å². The van der Waals surface area contributed by atoms with Crippen molar-refractivity contribution >= 4 is 49.4 Å². The van der Waals surface area contributed by atoms with E-state index in [-0.39, 0.29) is 21.4 Å². The van der Waals surface area contributed by atoms with Gasteiger partial charge in [0.2, 0.25) is 5.76 Å². The number of benzene rings is 2. The summed E-state index contributed by atoms with van der Waals surface area (Å²) in [7, 11) is -3.90. The molecule has 0 amide bonds. The van der Waals surface area contributed by atoms with Crippen molar-refractivity contribution in [3.05, 3.63) is 52.7 Å². The summed E-state index contributed by atoms with van der Waals surface area (Å²) in [4.78, 5) is 0.559. The van der Waals surface area contributed by atoms with Crippen LogP contribution in [0, 0.1) is 6.92 Å². The van der Waals surface area contributed by atoms with Gasteiger partial charge in [0.15, 0.2) is 10.8 Å². The summed E-state index contributed by atoms with van der Waals surface area (Å²) in [5.74, 6) is -0.0965. The Bertz CT molecular complexity index is 1130. The van der Waals surface area contributed by atoms with Gasteiger partial charge in [-0.15, -0.1) is 4.40 Å². The molecule has 0 atom stereocenters. The van der Waals surface area contributed by atoms with Crippen molar-refractivity contribution in [3.8, 4) is 5.75 Å². The number of halogens is 1. The predicted molar refractivity (Wildman–Crippen MR) is 93.6 cm³/mol. The number of rotatable bonds is 1. The molecule has 5 nitrogen and oxygen atoms in total. The quantitative estimate of drug-likeness (QED) is 0.680. The highest BCUT2D eigenvalue weighted by Crippen LogP contribution is 2.42. The van der Waals surface area contributed by atoms with Crippen molar-refractivity contribution in [1.82, 2.24) is 0 Å². The molecule has 0 saturated carbocycles. The van der Waals surface area contributed by atoms with Crippen LogP contribution >= 0.6 is 23.4 Å². The molecule has 2 aromatic carbocycles. The fourth-order valence-corrected chi connectivity index (χ4v) is 5.39. The number of hydrogen-bond acceptors (Lipinski definition) is 5. The molecular formula is C16H10ClNO4S2. The van der Waals surface area contributed by atoms with Gasteiger partial charge in [0.05, 0.1) is 5.39 Å². The molecule has 122 valence electrons. The molecule has 0 fully saturated rings. The van der Waals surface area contributed by atoms with Gasteiger partial charge in [-0.3, -0.25) is 0 Å². The molecule has 0 unspecified atom stereocenters. The summed E-state index contributed by atoms with van der Waals surface area (Å²) in [6, 6.07) is 9.98. The van der Waals surface area contributed by atoms with E-state index in [9.17, 15) is 13.5 Å². The van der Waals surface area contributed by atoms with Crippen LogP contribution in [0.4, 0.5) is 0 Å². The Morgan fingerprint density at radius 1 is 1.25 bits per heavy atom. The van der Waals surface area contributed by atoms with E-state index in [0.29, 0.717) is 26.5 Å². The summed E-state index contributed by atoms with van der Waals surface area (Å²) < 4.78 is 34.4. The first kappa shape index (κ1) is 15.6. The number of furan rings is 1. The zero-order chi connectivity index (χ0) is 17.1. The average molecular weight is 380 g/mol. The van der Waals surface area contributed by atoms with E-state index in [1.54, 1.807) is 37.3 Å². The van der Waals surface area contributed by atoms with Gasteiger partial charge < -0.3 is 9.52 Å². The van der Waals surface area contributed by atoms with Crippen LogP contribution in [0.5, 0.6) is 5.75 Å². The molecule has 1 N–H and O–H groups in total. The van der Waals surface area contributed by atoms with Gasteiger partial charge in [0.1, 0.15) is 10.5 Å². The largest absolute Gasteiger partial charge is 0.504 e. The van der Waals surface area contributed by atoms with E-state index >= 15 is 0 Å². The molecule has 0 aliphatic carbocycles. The van der Waals surface area contributed by atoms with Gasteiger partial charge in [-0.05, 0) is 36.8 Å². The summed E-state index contributed by atoms with van der Waals surface area (Å²) >= 11 is 7.20. The molecule has 8 heteroatoms. The lowest BCUT2D eigenvalue weighted by atomic mass is 10.2. The Hall–Kier alpha value is -1.96. The van der Waals surface area contributed by atoms with Crippen molar-refractivity contribution in [2.75, 3.05) is 0 Å². The van der Waals surface area contributed by atoms with E-state index in [4.69, 9.17) is 16.0 Å². The van der Waals surface area contributed by atoms with E-state index in [2.05, 4.69) is 4.40 Å². The van der Waals surface area contributed by atoms with Crippen LogP contribution in [0.3, 0.4) is 0 Å². The molecule has 0 spiro atoms. The number of aryl methyl sites for hydroxylation is 1. The first-order valence-corrected chi connectivity index (χ1v) is 9.54. The third-order valence-electron chi connectivity index (χ3n) is 3.68. The summed E-state index contributed by atoms with van der Waals surface area (Å²) in [6.07, 6.45) is 0. The van der Waals surface area contributed by atoms with Crippen LogP contribution in [0.15, 0.2) is 55.0 Å². The molecule has 0 saturated heterocycles. The molecule has 1 aromatic heterocycles. The van der Waals surface area contributed by atoms with E-state index in [1.165, 1.54) is 6.07 Å². The van der Waals surface area contributed by atoms with Crippen molar-refractivity contribution in [3.63, 3.8) is 0 Å². The third-order valence-corrected chi connectivity index (χ3v) is 6.67. The Morgan fingerprint density at radius 3 is 2.75 bits per heavy atom.